The molecular formula is C29H34FN3O3. The molecule has 0 saturated carbocycles. The molecule has 5 rings (SSSR count). The lowest BCUT2D eigenvalue weighted by Crippen LogP contribution is -2.52. The van der Waals surface area contributed by atoms with Gasteiger partial charge in [0.1, 0.15) is 11.9 Å². The highest BCUT2D eigenvalue weighted by Crippen LogP contribution is 2.36. The van der Waals surface area contributed by atoms with Crippen LogP contribution in [0.2, 0.25) is 0 Å². The van der Waals surface area contributed by atoms with Crippen LogP contribution in [0.5, 0.6) is 0 Å². The number of halogens is 1. The maximum Gasteiger partial charge on any atom is 0.255 e. The van der Waals surface area contributed by atoms with E-state index in [1.807, 2.05) is 12.1 Å². The fraction of sp³-hybridized carbons (Fsp3) is 0.483. The molecule has 0 radical (unpaired) electrons. The molecule has 36 heavy (non-hydrogen) atoms. The standard InChI is InChI=1S/C29H34FN3O3/c1-29(2,21-6-4-3-5-7-21)12-15-32-13-10-19(11-14-32)22-16-20-18-33(28(36)23(20)17-24(22)30)25-8-9-26(34)31-27(25)35/h3-7,16-17,19,25H,8-15,18H2,1-2H3,(H,31,34,35). The Morgan fingerprint density at radius 3 is 2.44 bits per heavy atom. The first-order valence-corrected chi connectivity index (χ1v) is 13.0. The van der Waals surface area contributed by atoms with Crippen LogP contribution in [-0.4, -0.2) is 53.2 Å². The summed E-state index contributed by atoms with van der Waals surface area (Å²) in [6.07, 6.45) is 3.34. The number of fused-ring (bicyclic) bond motifs is 1. The Balaban J connectivity index is 1.21. The number of rotatable bonds is 6. The number of hydrogen-bond acceptors (Lipinski definition) is 4. The fourth-order valence-electron chi connectivity index (χ4n) is 5.86. The molecule has 2 aromatic rings. The van der Waals surface area contributed by atoms with Crippen LogP contribution in [0.15, 0.2) is 42.5 Å². The molecular weight excluding hydrogens is 457 g/mol. The van der Waals surface area contributed by atoms with Gasteiger partial charge < -0.3 is 9.80 Å². The highest BCUT2D eigenvalue weighted by atomic mass is 19.1. The highest BCUT2D eigenvalue weighted by Gasteiger charge is 2.40. The summed E-state index contributed by atoms with van der Waals surface area (Å²) in [5, 5.41) is 2.31. The van der Waals surface area contributed by atoms with Gasteiger partial charge >= 0.3 is 0 Å². The average molecular weight is 492 g/mol. The lowest BCUT2D eigenvalue weighted by atomic mass is 9.81. The van der Waals surface area contributed by atoms with E-state index in [2.05, 4.69) is 48.3 Å². The van der Waals surface area contributed by atoms with E-state index in [0.717, 1.165) is 44.5 Å². The SMILES string of the molecule is CC(C)(CCN1CCC(c2cc3c(cc2F)C(=O)N(C2CCC(=O)NC2=O)C3)CC1)c1ccccc1. The Morgan fingerprint density at radius 1 is 1.03 bits per heavy atom. The minimum absolute atomic E-state index is 0.102. The van der Waals surface area contributed by atoms with Crippen molar-refractivity contribution in [3.8, 4) is 0 Å². The van der Waals surface area contributed by atoms with E-state index < -0.39 is 11.9 Å². The van der Waals surface area contributed by atoms with Gasteiger partial charge in [-0.25, -0.2) is 4.39 Å². The molecule has 6 nitrogen and oxygen atoms in total. The summed E-state index contributed by atoms with van der Waals surface area (Å²) in [5.74, 6) is -1.32. The van der Waals surface area contributed by atoms with Gasteiger partial charge in [0.2, 0.25) is 11.8 Å². The van der Waals surface area contributed by atoms with Gasteiger partial charge in [0.15, 0.2) is 0 Å². The molecule has 2 fully saturated rings. The highest BCUT2D eigenvalue weighted by molar-refractivity contribution is 6.05. The second kappa shape index (κ2) is 9.77. The van der Waals surface area contributed by atoms with Crippen molar-refractivity contribution in [3.05, 3.63) is 70.5 Å². The van der Waals surface area contributed by atoms with E-state index in [9.17, 15) is 14.4 Å². The van der Waals surface area contributed by atoms with E-state index in [4.69, 9.17) is 0 Å². The van der Waals surface area contributed by atoms with Gasteiger partial charge in [0, 0.05) is 18.5 Å². The molecule has 190 valence electrons. The number of benzene rings is 2. The molecule has 3 aliphatic heterocycles. The number of imide groups is 1. The van der Waals surface area contributed by atoms with Crippen molar-refractivity contribution >= 4 is 17.7 Å². The molecule has 1 atom stereocenters. The Labute approximate surface area is 211 Å². The van der Waals surface area contributed by atoms with E-state index in [1.165, 1.54) is 16.5 Å². The number of carbonyl (C=O) groups excluding carboxylic acids is 3. The van der Waals surface area contributed by atoms with Crippen LogP contribution < -0.4 is 5.32 Å². The van der Waals surface area contributed by atoms with Gasteiger partial charge in [0.05, 0.1) is 0 Å². The van der Waals surface area contributed by atoms with Crippen molar-refractivity contribution in [2.24, 2.45) is 0 Å². The van der Waals surface area contributed by atoms with Crippen molar-refractivity contribution in [2.45, 2.75) is 69.9 Å². The third-order valence-corrected chi connectivity index (χ3v) is 8.28. The molecule has 2 saturated heterocycles. The van der Waals surface area contributed by atoms with Crippen LogP contribution in [0.25, 0.3) is 0 Å². The van der Waals surface area contributed by atoms with Crippen molar-refractivity contribution in [1.82, 2.24) is 15.1 Å². The molecule has 0 aromatic heterocycles. The first kappa shape index (κ1) is 24.6. The molecule has 3 aliphatic rings. The quantitative estimate of drug-likeness (QED) is 0.617. The summed E-state index contributed by atoms with van der Waals surface area (Å²) in [7, 11) is 0. The van der Waals surface area contributed by atoms with Crippen molar-refractivity contribution in [1.29, 1.82) is 0 Å². The van der Waals surface area contributed by atoms with E-state index in [-0.39, 0.29) is 41.9 Å². The number of carbonyl (C=O) groups is 3. The van der Waals surface area contributed by atoms with E-state index in [1.54, 1.807) is 0 Å². The molecule has 0 bridgehead atoms. The van der Waals surface area contributed by atoms with Crippen molar-refractivity contribution in [2.75, 3.05) is 19.6 Å². The predicted octanol–water partition coefficient (Wildman–Crippen LogP) is 4.13. The number of nitrogens with zero attached hydrogens (tertiary/aromatic N) is 2. The molecule has 3 heterocycles. The maximum atomic E-state index is 15.2. The number of hydrogen-bond donors (Lipinski definition) is 1. The molecule has 7 heteroatoms. The molecule has 0 spiro atoms. The monoisotopic (exact) mass is 491 g/mol. The minimum atomic E-state index is -0.683. The number of nitrogens with one attached hydrogen (secondary N) is 1. The maximum absolute atomic E-state index is 15.2. The van der Waals surface area contributed by atoms with Crippen LogP contribution in [0.3, 0.4) is 0 Å². The lowest BCUT2D eigenvalue weighted by Gasteiger charge is -2.35. The van der Waals surface area contributed by atoms with Crippen LogP contribution in [0, 0.1) is 5.82 Å². The van der Waals surface area contributed by atoms with Crippen molar-refractivity contribution < 1.29 is 18.8 Å². The van der Waals surface area contributed by atoms with Crippen LogP contribution in [0.4, 0.5) is 4.39 Å². The van der Waals surface area contributed by atoms with E-state index >= 15 is 4.39 Å². The molecule has 1 N–H and O–H groups in total. The van der Waals surface area contributed by atoms with Gasteiger partial charge in [-0.3, -0.25) is 19.7 Å². The Hall–Kier alpha value is -3.06. The Morgan fingerprint density at radius 2 is 1.75 bits per heavy atom. The summed E-state index contributed by atoms with van der Waals surface area (Å²) in [5.41, 5.74) is 3.23. The van der Waals surface area contributed by atoms with Crippen LogP contribution in [0.1, 0.15) is 78.9 Å². The number of piperidine rings is 2. The third-order valence-electron chi connectivity index (χ3n) is 8.28. The summed E-state index contributed by atoms with van der Waals surface area (Å²) in [6, 6.07) is 13.1. The predicted molar refractivity (Wildman–Crippen MR) is 135 cm³/mol. The molecule has 1 unspecified atom stereocenters. The zero-order chi connectivity index (χ0) is 25.4. The summed E-state index contributed by atoms with van der Waals surface area (Å²) in [4.78, 5) is 40.7. The molecule has 0 aliphatic carbocycles. The Kier molecular flexibility index (Phi) is 6.68. The second-order valence-electron chi connectivity index (χ2n) is 11.0. The zero-order valence-corrected chi connectivity index (χ0v) is 21.1. The smallest absolute Gasteiger partial charge is 0.255 e. The largest absolute Gasteiger partial charge is 0.322 e. The number of amides is 3. The van der Waals surface area contributed by atoms with E-state index in [0.29, 0.717) is 17.5 Å². The summed E-state index contributed by atoms with van der Waals surface area (Å²) < 4.78 is 15.2. The van der Waals surface area contributed by atoms with Gasteiger partial charge in [-0.05, 0) is 79.4 Å². The third kappa shape index (κ3) is 4.81. The first-order valence-electron chi connectivity index (χ1n) is 13.0. The second-order valence-corrected chi connectivity index (χ2v) is 11.0. The molecule has 3 amide bonds. The zero-order valence-electron chi connectivity index (χ0n) is 21.1. The minimum Gasteiger partial charge on any atom is -0.322 e. The lowest BCUT2D eigenvalue weighted by molar-refractivity contribution is -0.136. The first-order chi connectivity index (χ1) is 17.2. The van der Waals surface area contributed by atoms with Crippen LogP contribution >= 0.6 is 0 Å². The average Bonchev–Trinajstić information content (AvgIpc) is 3.18. The topological polar surface area (TPSA) is 69.7 Å². The van der Waals surface area contributed by atoms with Crippen molar-refractivity contribution in [3.63, 3.8) is 0 Å². The fourth-order valence-corrected chi connectivity index (χ4v) is 5.86. The van der Waals surface area contributed by atoms with Crippen LogP contribution in [-0.2, 0) is 21.5 Å². The molecule has 2 aromatic carbocycles. The van der Waals surface area contributed by atoms with Gasteiger partial charge in [-0.15, -0.1) is 0 Å². The summed E-state index contributed by atoms with van der Waals surface area (Å²) in [6.45, 7) is 7.71. The summed E-state index contributed by atoms with van der Waals surface area (Å²) >= 11 is 0. The van der Waals surface area contributed by atoms with Gasteiger partial charge in [0.25, 0.3) is 5.91 Å². The Bertz CT molecular complexity index is 1170. The van der Waals surface area contributed by atoms with Gasteiger partial charge in [-0.1, -0.05) is 50.2 Å². The normalized spacial score (nSPS) is 21.6. The number of likely N-dealkylation sites (tertiary alicyclic amines) is 1. The van der Waals surface area contributed by atoms with Gasteiger partial charge in [-0.2, -0.15) is 0 Å².